The van der Waals surface area contributed by atoms with Gasteiger partial charge in [0.25, 0.3) is 11.8 Å². The van der Waals surface area contributed by atoms with E-state index in [0.29, 0.717) is 0 Å². The van der Waals surface area contributed by atoms with Gasteiger partial charge in [0.05, 0.1) is 9.81 Å². The number of hydrogen-bond acceptors (Lipinski definition) is 4. The van der Waals surface area contributed by atoms with Crippen LogP contribution >= 0.6 is 25.3 Å². The summed E-state index contributed by atoms with van der Waals surface area (Å²) in [5, 5.41) is 0. The molecule has 3 nitrogen and oxygen atoms in total. The molecule has 66 valence electrons. The summed E-state index contributed by atoms with van der Waals surface area (Å²) in [5.74, 6) is -0.716. The molecule has 0 bridgehead atoms. The number of rotatable bonds is 1. The van der Waals surface area contributed by atoms with Crippen LogP contribution in [-0.4, -0.2) is 22.8 Å². The topological polar surface area (TPSA) is 37.4 Å². The smallest absolute Gasteiger partial charge is 0.268 e. The molecular weight excluding hydrogens is 194 g/mol. The summed E-state index contributed by atoms with van der Waals surface area (Å²) in [6, 6.07) is -0.142. The molecule has 2 amide bonds. The molecule has 0 radical (unpaired) electrons. The van der Waals surface area contributed by atoms with E-state index in [1.165, 1.54) is 0 Å². The van der Waals surface area contributed by atoms with Crippen LogP contribution < -0.4 is 0 Å². The Morgan fingerprint density at radius 2 is 1.42 bits per heavy atom. The van der Waals surface area contributed by atoms with Crippen LogP contribution in [-0.2, 0) is 9.59 Å². The van der Waals surface area contributed by atoms with Gasteiger partial charge in [0, 0.05) is 6.04 Å². The Bertz CT molecular complexity index is 259. The lowest BCUT2D eigenvalue weighted by Gasteiger charge is -2.18. The summed E-state index contributed by atoms with van der Waals surface area (Å²) in [6.07, 6.45) is 0. The third kappa shape index (κ3) is 1.27. The van der Waals surface area contributed by atoms with Gasteiger partial charge in [0.2, 0.25) is 0 Å². The average Bonchev–Trinajstić information content (AvgIpc) is 2.16. The van der Waals surface area contributed by atoms with E-state index in [9.17, 15) is 9.59 Å². The maximum atomic E-state index is 11.3. The number of carbonyl (C=O) groups is 2. The van der Waals surface area contributed by atoms with Crippen molar-refractivity contribution in [1.29, 1.82) is 0 Å². The molecule has 0 spiro atoms. The number of amides is 2. The van der Waals surface area contributed by atoms with Crippen molar-refractivity contribution in [3.8, 4) is 0 Å². The van der Waals surface area contributed by atoms with Crippen LogP contribution in [0.5, 0.6) is 0 Å². The van der Waals surface area contributed by atoms with Crippen LogP contribution in [0.1, 0.15) is 13.8 Å². The van der Waals surface area contributed by atoms with E-state index >= 15 is 0 Å². The van der Waals surface area contributed by atoms with Crippen molar-refractivity contribution in [2.24, 2.45) is 0 Å². The van der Waals surface area contributed by atoms with E-state index in [1.807, 2.05) is 0 Å². The Hall–Kier alpha value is -0.420. The van der Waals surface area contributed by atoms with E-state index in [4.69, 9.17) is 0 Å². The highest BCUT2D eigenvalue weighted by atomic mass is 32.1. The summed E-state index contributed by atoms with van der Waals surface area (Å²) >= 11 is 7.77. The van der Waals surface area contributed by atoms with Gasteiger partial charge in [-0.15, -0.1) is 25.3 Å². The fourth-order valence-electron chi connectivity index (χ4n) is 0.992. The van der Waals surface area contributed by atoms with Gasteiger partial charge in [-0.25, -0.2) is 0 Å². The zero-order valence-electron chi connectivity index (χ0n) is 6.74. The second-order valence-electron chi connectivity index (χ2n) is 2.77. The SMILES string of the molecule is CC(C)N1C(=O)C(S)=C(S)C1=O. The highest BCUT2D eigenvalue weighted by molar-refractivity contribution is 7.90. The van der Waals surface area contributed by atoms with Gasteiger partial charge in [-0.05, 0) is 13.8 Å². The summed E-state index contributed by atoms with van der Waals surface area (Å²) in [7, 11) is 0. The standard InChI is InChI=1S/C7H9NO2S2/c1-3(2)8-6(9)4(11)5(12)7(8)10/h3,11-12H,1-2H3. The van der Waals surface area contributed by atoms with E-state index in [1.54, 1.807) is 13.8 Å². The lowest BCUT2D eigenvalue weighted by atomic mass is 10.3. The average molecular weight is 203 g/mol. The van der Waals surface area contributed by atoms with Crippen molar-refractivity contribution in [2.45, 2.75) is 19.9 Å². The van der Waals surface area contributed by atoms with E-state index in [-0.39, 0.29) is 27.7 Å². The van der Waals surface area contributed by atoms with Gasteiger partial charge in [-0.3, -0.25) is 14.5 Å². The minimum atomic E-state index is -0.358. The minimum absolute atomic E-state index is 0.136. The second kappa shape index (κ2) is 3.14. The Morgan fingerprint density at radius 1 is 1.08 bits per heavy atom. The fourth-order valence-corrected chi connectivity index (χ4v) is 1.40. The van der Waals surface area contributed by atoms with Crippen LogP contribution in [0.4, 0.5) is 0 Å². The van der Waals surface area contributed by atoms with Gasteiger partial charge >= 0.3 is 0 Å². The van der Waals surface area contributed by atoms with Crippen molar-refractivity contribution in [3.63, 3.8) is 0 Å². The molecule has 5 heteroatoms. The van der Waals surface area contributed by atoms with Crippen LogP contribution in [0, 0.1) is 0 Å². The molecule has 0 atom stereocenters. The second-order valence-corrected chi connectivity index (χ2v) is 3.67. The molecule has 0 N–H and O–H groups in total. The predicted molar refractivity (Wildman–Crippen MR) is 52.0 cm³/mol. The quantitative estimate of drug-likeness (QED) is 0.489. The van der Waals surface area contributed by atoms with Crippen molar-refractivity contribution >= 4 is 37.1 Å². The lowest BCUT2D eigenvalue weighted by Crippen LogP contribution is -2.37. The Balaban J connectivity index is 3.04. The maximum Gasteiger partial charge on any atom is 0.268 e. The molecule has 1 aliphatic heterocycles. The van der Waals surface area contributed by atoms with Gasteiger partial charge in [0.1, 0.15) is 0 Å². The van der Waals surface area contributed by atoms with Crippen molar-refractivity contribution < 1.29 is 9.59 Å². The third-order valence-electron chi connectivity index (χ3n) is 1.58. The van der Waals surface area contributed by atoms with Gasteiger partial charge in [0.15, 0.2) is 0 Å². The normalized spacial score (nSPS) is 18.6. The Kier molecular flexibility index (Phi) is 2.53. The van der Waals surface area contributed by atoms with Crippen molar-refractivity contribution in [1.82, 2.24) is 4.90 Å². The number of nitrogens with zero attached hydrogens (tertiary/aromatic N) is 1. The minimum Gasteiger partial charge on any atom is -0.271 e. The molecule has 0 aromatic carbocycles. The summed E-state index contributed by atoms with van der Waals surface area (Å²) in [6.45, 7) is 3.53. The number of imide groups is 1. The maximum absolute atomic E-state index is 11.3. The number of hydrogen-bond donors (Lipinski definition) is 2. The first-order valence-corrected chi connectivity index (χ1v) is 4.36. The molecule has 1 rings (SSSR count). The summed E-state index contributed by atoms with van der Waals surface area (Å²) in [4.78, 5) is 24.0. The molecule has 0 unspecified atom stereocenters. The molecule has 0 aromatic heterocycles. The van der Waals surface area contributed by atoms with Crippen molar-refractivity contribution in [3.05, 3.63) is 9.81 Å². The zero-order valence-corrected chi connectivity index (χ0v) is 8.52. The first-order valence-electron chi connectivity index (χ1n) is 3.47. The van der Waals surface area contributed by atoms with Crippen LogP contribution in [0.2, 0.25) is 0 Å². The number of carbonyl (C=O) groups excluding carboxylic acids is 2. The largest absolute Gasteiger partial charge is 0.271 e. The number of thiol groups is 2. The molecule has 12 heavy (non-hydrogen) atoms. The Labute approximate surface area is 81.6 Å². The monoisotopic (exact) mass is 203 g/mol. The van der Waals surface area contributed by atoms with Gasteiger partial charge in [-0.2, -0.15) is 0 Å². The van der Waals surface area contributed by atoms with Crippen LogP contribution in [0.3, 0.4) is 0 Å². The highest BCUT2D eigenvalue weighted by Crippen LogP contribution is 2.27. The molecular formula is C7H9NO2S2. The molecule has 0 saturated carbocycles. The van der Waals surface area contributed by atoms with Gasteiger partial charge < -0.3 is 0 Å². The lowest BCUT2D eigenvalue weighted by molar-refractivity contribution is -0.138. The van der Waals surface area contributed by atoms with E-state index in [0.717, 1.165) is 4.90 Å². The molecule has 0 aliphatic carbocycles. The molecule has 0 aromatic rings. The van der Waals surface area contributed by atoms with Crippen molar-refractivity contribution in [2.75, 3.05) is 0 Å². The fraction of sp³-hybridized carbons (Fsp3) is 0.429. The highest BCUT2D eigenvalue weighted by Gasteiger charge is 2.36. The molecule has 1 heterocycles. The first kappa shape index (κ1) is 9.67. The molecule has 0 saturated heterocycles. The molecule has 0 fully saturated rings. The van der Waals surface area contributed by atoms with E-state index < -0.39 is 0 Å². The van der Waals surface area contributed by atoms with Gasteiger partial charge in [-0.1, -0.05) is 0 Å². The first-order chi connectivity index (χ1) is 5.46. The van der Waals surface area contributed by atoms with Crippen LogP contribution in [0.15, 0.2) is 9.81 Å². The summed E-state index contributed by atoms with van der Waals surface area (Å²) < 4.78 is 0. The molecule has 1 aliphatic rings. The summed E-state index contributed by atoms with van der Waals surface area (Å²) in [5.41, 5.74) is 0. The zero-order chi connectivity index (χ0) is 9.46. The third-order valence-corrected chi connectivity index (χ3v) is 2.59. The van der Waals surface area contributed by atoms with Crippen LogP contribution in [0.25, 0.3) is 0 Å². The predicted octanol–water partition coefficient (Wildman–Crippen LogP) is 0.835. The Morgan fingerprint density at radius 3 is 1.58 bits per heavy atom. The van der Waals surface area contributed by atoms with E-state index in [2.05, 4.69) is 25.3 Å².